The molecule has 3 aliphatic heterocycles. The molecule has 0 radical (unpaired) electrons. The van der Waals surface area contributed by atoms with Crippen LogP contribution in [0.1, 0.15) is 123 Å². The number of fused-ring (bicyclic) bond motifs is 5. The lowest BCUT2D eigenvalue weighted by atomic mass is 9.42. The molecular weight excluding hydrogens is 899 g/mol. The van der Waals surface area contributed by atoms with Gasteiger partial charge in [-0.2, -0.15) is 0 Å². The van der Waals surface area contributed by atoms with Crippen LogP contribution in [0.4, 0.5) is 5.69 Å². The van der Waals surface area contributed by atoms with Gasteiger partial charge in [0.2, 0.25) is 0 Å². The van der Waals surface area contributed by atoms with Gasteiger partial charge < -0.3 is 78.3 Å². The van der Waals surface area contributed by atoms with Gasteiger partial charge in [0.25, 0.3) is 0 Å². The quantitative estimate of drug-likeness (QED) is 0.106. The zero-order valence-corrected chi connectivity index (χ0v) is 42.0. The van der Waals surface area contributed by atoms with Crippen LogP contribution in [0.3, 0.4) is 0 Å². The molecule has 3 heterocycles. The summed E-state index contributed by atoms with van der Waals surface area (Å²) in [5.41, 5.74) is 1.87. The summed E-state index contributed by atoms with van der Waals surface area (Å²) >= 11 is 0. The van der Waals surface area contributed by atoms with Crippen molar-refractivity contribution in [3.63, 3.8) is 0 Å². The molecule has 18 heteroatoms. The minimum atomic E-state index is -1.71. The fourth-order valence-electron chi connectivity index (χ4n) is 14.3. The van der Waals surface area contributed by atoms with Crippen LogP contribution < -0.4 is 5.73 Å². The largest absolute Gasteiger partial charge is 0.462 e. The Morgan fingerprint density at radius 1 is 0.739 bits per heavy atom. The molecule has 69 heavy (non-hydrogen) atoms. The van der Waals surface area contributed by atoms with Crippen LogP contribution in [0.5, 0.6) is 0 Å². The van der Waals surface area contributed by atoms with Crippen molar-refractivity contribution in [2.45, 2.75) is 222 Å². The Hall–Kier alpha value is -2.56. The number of carbonyl (C=O) groups excluding carboxylic acids is 2. The molecule has 4 saturated carbocycles. The predicted molar refractivity (Wildman–Crippen MR) is 246 cm³/mol. The van der Waals surface area contributed by atoms with Crippen molar-refractivity contribution in [3.8, 4) is 0 Å². The summed E-state index contributed by atoms with van der Waals surface area (Å²) < 4.78 is 67.7. The van der Waals surface area contributed by atoms with E-state index in [0.29, 0.717) is 19.3 Å². The predicted octanol–water partition coefficient (Wildman–Crippen LogP) is 4.18. The van der Waals surface area contributed by atoms with Gasteiger partial charge >= 0.3 is 11.9 Å². The second kappa shape index (κ2) is 20.4. The minimum Gasteiger partial charge on any atom is -0.462 e. The van der Waals surface area contributed by atoms with Crippen molar-refractivity contribution in [2.75, 3.05) is 27.1 Å². The first-order valence-electron chi connectivity index (χ1n) is 25.2. The summed E-state index contributed by atoms with van der Waals surface area (Å²) in [7, 11) is 4.66. The molecule has 0 aromatic heterocycles. The number of anilines is 1. The molecule has 1 aromatic rings. The smallest absolute Gasteiger partial charge is 0.340 e. The normalized spacial score (nSPS) is 48.1. The highest BCUT2D eigenvalue weighted by atomic mass is 16.8. The van der Waals surface area contributed by atoms with Crippen molar-refractivity contribution in [3.05, 3.63) is 29.8 Å². The van der Waals surface area contributed by atoms with E-state index in [0.717, 1.165) is 32.1 Å². The van der Waals surface area contributed by atoms with E-state index in [4.69, 9.17) is 57.8 Å². The van der Waals surface area contributed by atoms with E-state index in [1.807, 2.05) is 20.8 Å². The number of ether oxygens (including phenoxy) is 11. The molecular formula is C51H79NO17. The topological polar surface area (TPSA) is 243 Å². The number of nitrogen functional groups attached to an aromatic ring is 1. The first kappa shape index (κ1) is 52.8. The molecule has 1 unspecified atom stereocenters. The average molecular weight is 978 g/mol. The van der Waals surface area contributed by atoms with E-state index in [9.17, 15) is 30.0 Å². The molecule has 7 fully saturated rings. The zero-order valence-electron chi connectivity index (χ0n) is 42.0. The molecule has 1 aromatic carbocycles. The molecule has 0 spiro atoms. The number of hydrogen-bond donors (Lipinski definition) is 5. The van der Waals surface area contributed by atoms with Crippen LogP contribution in [0.2, 0.25) is 0 Å². The maximum absolute atomic E-state index is 13.4. The molecule has 8 rings (SSSR count). The Morgan fingerprint density at radius 3 is 2.00 bits per heavy atom. The lowest BCUT2D eigenvalue weighted by molar-refractivity contribution is -0.352. The van der Waals surface area contributed by atoms with Crippen LogP contribution in [-0.2, 0) is 56.9 Å². The lowest BCUT2D eigenvalue weighted by Crippen LogP contribution is -2.72. The number of rotatable bonds is 13. The van der Waals surface area contributed by atoms with Crippen LogP contribution in [0, 0.1) is 28.6 Å². The molecule has 4 aliphatic carbocycles. The molecule has 18 nitrogen and oxygen atoms in total. The van der Waals surface area contributed by atoms with E-state index in [2.05, 4.69) is 6.92 Å². The lowest BCUT2D eigenvalue weighted by Gasteiger charge is -2.66. The summed E-state index contributed by atoms with van der Waals surface area (Å²) in [6.07, 6.45) is -5.35. The molecule has 6 N–H and O–H groups in total. The monoisotopic (exact) mass is 978 g/mol. The van der Waals surface area contributed by atoms with Gasteiger partial charge in [-0.3, -0.25) is 4.79 Å². The molecule has 23 atom stereocenters. The van der Waals surface area contributed by atoms with E-state index >= 15 is 0 Å². The van der Waals surface area contributed by atoms with Crippen molar-refractivity contribution >= 4 is 17.6 Å². The Labute approximate surface area is 406 Å². The third-order valence-corrected chi connectivity index (χ3v) is 18.3. The summed E-state index contributed by atoms with van der Waals surface area (Å²) in [6, 6.07) is 6.61. The Bertz CT molecular complexity index is 1960. The Balaban J connectivity index is 0.892. The second-order valence-corrected chi connectivity index (χ2v) is 21.7. The van der Waals surface area contributed by atoms with Gasteiger partial charge in [-0.15, -0.1) is 0 Å². The van der Waals surface area contributed by atoms with Crippen LogP contribution >= 0.6 is 0 Å². The van der Waals surface area contributed by atoms with Crippen LogP contribution in [0.15, 0.2) is 24.3 Å². The van der Waals surface area contributed by atoms with Crippen molar-refractivity contribution < 1.29 is 82.1 Å². The van der Waals surface area contributed by atoms with Gasteiger partial charge in [0.05, 0.1) is 53.2 Å². The number of hydrogen-bond acceptors (Lipinski definition) is 18. The number of nitrogens with two attached hydrogens (primary N) is 1. The molecule has 0 amide bonds. The van der Waals surface area contributed by atoms with Gasteiger partial charge in [0.1, 0.15) is 48.3 Å². The number of methoxy groups -OCH3 is 3. The van der Waals surface area contributed by atoms with E-state index in [1.54, 1.807) is 52.3 Å². The number of esters is 2. The van der Waals surface area contributed by atoms with Gasteiger partial charge in [-0.1, -0.05) is 26.0 Å². The summed E-state index contributed by atoms with van der Waals surface area (Å²) in [4.78, 5) is 26.3. The number of para-hydroxylation sites is 1. The number of aliphatic hydroxyl groups is 4. The highest BCUT2D eigenvalue weighted by molar-refractivity contribution is 5.95. The van der Waals surface area contributed by atoms with Crippen LogP contribution in [-0.4, -0.2) is 163 Å². The minimum absolute atomic E-state index is 0.0112. The first-order valence-corrected chi connectivity index (χ1v) is 25.2. The highest BCUT2D eigenvalue weighted by Crippen LogP contribution is 2.71. The molecule has 7 aliphatic rings. The molecule has 0 bridgehead atoms. The van der Waals surface area contributed by atoms with E-state index in [1.165, 1.54) is 14.0 Å². The average Bonchev–Trinajstić information content (AvgIpc) is 3.53. The third-order valence-electron chi connectivity index (χ3n) is 18.3. The fourth-order valence-corrected chi connectivity index (χ4v) is 14.3. The van der Waals surface area contributed by atoms with Gasteiger partial charge in [0, 0.05) is 46.8 Å². The third kappa shape index (κ3) is 9.28. The maximum atomic E-state index is 13.4. The van der Waals surface area contributed by atoms with Gasteiger partial charge in [-0.05, 0) is 114 Å². The number of aliphatic hydroxyl groups excluding tert-OH is 2. The summed E-state index contributed by atoms with van der Waals surface area (Å²) in [6.45, 7) is 12.6. The summed E-state index contributed by atoms with van der Waals surface area (Å²) in [5.74, 6) is -1.11. The van der Waals surface area contributed by atoms with Gasteiger partial charge in [0.15, 0.2) is 18.9 Å². The van der Waals surface area contributed by atoms with Crippen LogP contribution in [0.25, 0.3) is 0 Å². The van der Waals surface area contributed by atoms with E-state index in [-0.39, 0.29) is 59.5 Å². The molecule has 3 saturated heterocycles. The Kier molecular flexibility index (Phi) is 15.6. The SMILES string of the molecule is CO[C@H]1[C@@H](O)[C@H](O[C@@H]2[C@@H](C)O[C@@H](O[C@H]3[C@@H](OC)C[C@H](O[C@H]4CC[C@@]5(C)[C@@H](CC[C@@H]6[C@@H]5C[C@@H](OC(C)=O)[C@]5(C)[C@](O)(C(C)OC(=O)c7ccccc7N)CC[C@]65O)C4)O[C@@H]3C)C[C@H]2OC)O[C@H](C)[C@H]1O. The number of carbonyl (C=O) groups is 2. The molecule has 390 valence electrons. The van der Waals surface area contributed by atoms with E-state index < -0.39 is 115 Å². The number of benzene rings is 1. The van der Waals surface area contributed by atoms with Gasteiger partial charge in [-0.25, -0.2) is 4.79 Å². The zero-order chi connectivity index (χ0) is 50.0. The fraction of sp³-hybridized carbons (Fsp3) is 0.843. The van der Waals surface area contributed by atoms with Crippen molar-refractivity contribution in [1.29, 1.82) is 0 Å². The first-order chi connectivity index (χ1) is 32.6. The highest BCUT2D eigenvalue weighted by Gasteiger charge is 2.77. The summed E-state index contributed by atoms with van der Waals surface area (Å²) in [5, 5.41) is 47.2. The maximum Gasteiger partial charge on any atom is 0.340 e. The standard InChI is InChI=1S/C51H79NO17/c1-25-41(54)45(61-10)42(55)47(64-25)69-44-27(3)63-40(24-37(44)60-9)68-43-26(2)62-39(23-36(43)59-8)67-31-17-18-48(6)30(21-31)15-16-33-34(48)22-38(66-29(5)53)49(7)50(57,19-20-51(33,49)58)28(4)65-46(56)32-13-11-12-14-35(32)52/h11-14,25-28,30-31,33-34,36-45,47,54-55,57-58H,15-24,52H2,1-10H3/t25-,26-,27-,28?,30+,31+,33-,34+,36+,37-,38-,39+,40+,41-,42-,43-,44-,45-,47+,48+,49-,50-,51+/m1/s1. The van der Waals surface area contributed by atoms with Crippen molar-refractivity contribution in [1.82, 2.24) is 0 Å². The van der Waals surface area contributed by atoms with Crippen molar-refractivity contribution in [2.24, 2.45) is 28.6 Å². The Morgan fingerprint density at radius 2 is 1.38 bits per heavy atom. The second-order valence-electron chi connectivity index (χ2n) is 21.7.